The number of halogens is 1. The maximum Gasteiger partial charge on any atom is 0.257 e. The van der Waals surface area contributed by atoms with E-state index in [2.05, 4.69) is 5.32 Å². The van der Waals surface area contributed by atoms with Crippen molar-refractivity contribution in [1.29, 1.82) is 0 Å². The number of rotatable bonds is 8. The molecule has 2 aromatic carbocycles. The quantitative estimate of drug-likeness (QED) is 0.743. The zero-order valence-electron chi connectivity index (χ0n) is 14.6. The van der Waals surface area contributed by atoms with Gasteiger partial charge in [0, 0.05) is 18.6 Å². The summed E-state index contributed by atoms with van der Waals surface area (Å²) in [7, 11) is -1.84. The van der Waals surface area contributed by atoms with Crippen LogP contribution in [0.2, 0.25) is 5.02 Å². The Kier molecular flexibility index (Phi) is 6.88. The van der Waals surface area contributed by atoms with E-state index in [0.29, 0.717) is 29.4 Å². The van der Waals surface area contributed by atoms with Crippen molar-refractivity contribution in [1.82, 2.24) is 5.32 Å². The van der Waals surface area contributed by atoms with Gasteiger partial charge in [-0.15, -0.1) is 0 Å². The molecule has 1 N–H and O–H groups in total. The minimum absolute atomic E-state index is 0.109. The van der Waals surface area contributed by atoms with Gasteiger partial charge in [0.2, 0.25) is 10.0 Å². The highest BCUT2D eigenvalue weighted by molar-refractivity contribution is 7.92. The van der Waals surface area contributed by atoms with Crippen LogP contribution in [0.4, 0.5) is 5.69 Å². The fraction of sp³-hybridized carbons (Fsp3) is 0.278. The standard InChI is InChI=1S/C18H21ClN2O4S/c1-21(26(2,23)24)16-7-9-17(10-8-16)25-13-18(22)20-12-11-14-3-5-15(19)6-4-14/h3-10H,11-13H2,1-2H3,(H,20,22). The molecule has 0 saturated carbocycles. The van der Waals surface area contributed by atoms with E-state index in [4.69, 9.17) is 16.3 Å². The average Bonchev–Trinajstić information content (AvgIpc) is 2.61. The average molecular weight is 397 g/mol. The molecule has 0 fully saturated rings. The van der Waals surface area contributed by atoms with Gasteiger partial charge in [-0.3, -0.25) is 9.10 Å². The third-order valence-corrected chi connectivity index (χ3v) is 5.17. The molecule has 0 aliphatic rings. The molecule has 0 radical (unpaired) electrons. The fourth-order valence-corrected chi connectivity index (χ4v) is 2.77. The number of nitrogens with one attached hydrogen (secondary N) is 1. The monoisotopic (exact) mass is 396 g/mol. The smallest absolute Gasteiger partial charge is 0.257 e. The summed E-state index contributed by atoms with van der Waals surface area (Å²) in [4.78, 5) is 11.8. The van der Waals surface area contributed by atoms with Gasteiger partial charge in [-0.1, -0.05) is 23.7 Å². The molecule has 0 aliphatic heterocycles. The lowest BCUT2D eigenvalue weighted by Crippen LogP contribution is -2.30. The van der Waals surface area contributed by atoms with Crippen LogP contribution in [0.25, 0.3) is 0 Å². The highest BCUT2D eigenvalue weighted by Gasteiger charge is 2.11. The summed E-state index contributed by atoms with van der Waals surface area (Å²) >= 11 is 5.83. The number of hydrogen-bond acceptors (Lipinski definition) is 4. The third kappa shape index (κ3) is 6.24. The molecule has 0 atom stereocenters. The first-order chi connectivity index (χ1) is 12.3. The van der Waals surface area contributed by atoms with Crippen LogP contribution in [0.3, 0.4) is 0 Å². The minimum Gasteiger partial charge on any atom is -0.484 e. The molecule has 0 spiro atoms. The van der Waals surface area contributed by atoms with Gasteiger partial charge in [0.05, 0.1) is 11.9 Å². The highest BCUT2D eigenvalue weighted by Crippen LogP contribution is 2.20. The number of carbonyl (C=O) groups is 1. The van der Waals surface area contributed by atoms with Crippen molar-refractivity contribution in [2.24, 2.45) is 0 Å². The minimum atomic E-state index is -3.31. The second kappa shape index (κ2) is 8.91. The van der Waals surface area contributed by atoms with Crippen LogP contribution < -0.4 is 14.4 Å². The molecule has 26 heavy (non-hydrogen) atoms. The molecule has 0 heterocycles. The number of benzene rings is 2. The van der Waals surface area contributed by atoms with Crippen molar-refractivity contribution in [3.8, 4) is 5.75 Å². The summed E-state index contributed by atoms with van der Waals surface area (Å²) in [5.41, 5.74) is 1.61. The third-order valence-electron chi connectivity index (χ3n) is 3.72. The van der Waals surface area contributed by atoms with E-state index in [1.165, 1.54) is 11.4 Å². The fourth-order valence-electron chi connectivity index (χ4n) is 2.14. The van der Waals surface area contributed by atoms with Gasteiger partial charge in [0.1, 0.15) is 5.75 Å². The molecule has 8 heteroatoms. The lowest BCUT2D eigenvalue weighted by molar-refractivity contribution is -0.123. The van der Waals surface area contributed by atoms with Crippen molar-refractivity contribution in [3.05, 3.63) is 59.1 Å². The molecule has 2 rings (SSSR count). The van der Waals surface area contributed by atoms with Crippen molar-refractivity contribution in [2.45, 2.75) is 6.42 Å². The maximum atomic E-state index is 11.8. The first-order valence-corrected chi connectivity index (χ1v) is 10.2. The van der Waals surface area contributed by atoms with Crippen LogP contribution in [-0.4, -0.2) is 40.8 Å². The van der Waals surface area contributed by atoms with Gasteiger partial charge >= 0.3 is 0 Å². The molecule has 0 aromatic heterocycles. The van der Waals surface area contributed by atoms with Crippen LogP contribution in [0.15, 0.2) is 48.5 Å². The Hall–Kier alpha value is -2.25. The Morgan fingerprint density at radius 1 is 1.12 bits per heavy atom. The molecular weight excluding hydrogens is 376 g/mol. The summed E-state index contributed by atoms with van der Waals surface area (Å²) < 4.78 is 29.5. The van der Waals surface area contributed by atoms with Gasteiger partial charge in [-0.05, 0) is 48.4 Å². The summed E-state index contributed by atoms with van der Waals surface area (Å²) in [6, 6.07) is 13.9. The number of carbonyl (C=O) groups excluding carboxylic acids is 1. The Morgan fingerprint density at radius 3 is 2.31 bits per heavy atom. The predicted octanol–water partition coefficient (Wildman–Crippen LogP) is 2.47. The summed E-state index contributed by atoms with van der Waals surface area (Å²) in [6.07, 6.45) is 1.83. The van der Waals surface area contributed by atoms with E-state index in [1.54, 1.807) is 24.3 Å². The summed E-state index contributed by atoms with van der Waals surface area (Å²) in [5, 5.41) is 3.46. The van der Waals surface area contributed by atoms with Gasteiger partial charge in [0.25, 0.3) is 5.91 Å². The largest absolute Gasteiger partial charge is 0.484 e. The summed E-state index contributed by atoms with van der Waals surface area (Å²) in [6.45, 7) is 0.393. The molecule has 0 unspecified atom stereocenters. The molecule has 0 saturated heterocycles. The first kappa shape index (κ1) is 20.1. The van der Waals surface area contributed by atoms with Crippen LogP contribution in [0.5, 0.6) is 5.75 Å². The Morgan fingerprint density at radius 2 is 1.73 bits per heavy atom. The summed E-state index contributed by atoms with van der Waals surface area (Å²) in [5.74, 6) is 0.264. The first-order valence-electron chi connectivity index (χ1n) is 7.93. The van der Waals surface area contributed by atoms with Gasteiger partial charge in [-0.25, -0.2) is 8.42 Å². The number of sulfonamides is 1. The molecule has 0 aliphatic carbocycles. The van der Waals surface area contributed by atoms with E-state index in [1.807, 2.05) is 24.3 Å². The zero-order valence-corrected chi connectivity index (χ0v) is 16.2. The van der Waals surface area contributed by atoms with Gasteiger partial charge in [0.15, 0.2) is 6.61 Å². The van der Waals surface area contributed by atoms with Crippen molar-refractivity contribution < 1.29 is 17.9 Å². The molecule has 2 aromatic rings. The number of ether oxygens (including phenoxy) is 1. The van der Waals surface area contributed by atoms with Gasteiger partial charge in [-0.2, -0.15) is 0 Å². The SMILES string of the molecule is CN(c1ccc(OCC(=O)NCCc2ccc(Cl)cc2)cc1)S(C)(=O)=O. The lowest BCUT2D eigenvalue weighted by atomic mass is 10.1. The Labute approximate surface area is 158 Å². The van der Waals surface area contributed by atoms with E-state index >= 15 is 0 Å². The second-order valence-corrected chi connectivity index (χ2v) is 8.19. The number of anilines is 1. The van der Waals surface area contributed by atoms with E-state index in [-0.39, 0.29) is 12.5 Å². The lowest BCUT2D eigenvalue weighted by Gasteiger charge is -2.16. The van der Waals surface area contributed by atoms with Crippen molar-refractivity contribution >= 4 is 33.2 Å². The normalized spacial score (nSPS) is 11.0. The second-order valence-electron chi connectivity index (χ2n) is 5.74. The predicted molar refractivity (Wildman–Crippen MR) is 103 cm³/mol. The number of hydrogen-bond donors (Lipinski definition) is 1. The topological polar surface area (TPSA) is 75.7 Å². The molecule has 0 bridgehead atoms. The van der Waals surface area contributed by atoms with E-state index < -0.39 is 10.0 Å². The maximum absolute atomic E-state index is 11.8. The van der Waals surface area contributed by atoms with E-state index in [0.717, 1.165) is 11.8 Å². The van der Waals surface area contributed by atoms with E-state index in [9.17, 15) is 13.2 Å². The van der Waals surface area contributed by atoms with Crippen LogP contribution in [0.1, 0.15) is 5.56 Å². The number of nitrogens with zero attached hydrogens (tertiary/aromatic N) is 1. The Balaban J connectivity index is 1.75. The van der Waals surface area contributed by atoms with Crippen molar-refractivity contribution in [3.63, 3.8) is 0 Å². The van der Waals surface area contributed by atoms with Crippen molar-refractivity contribution in [2.75, 3.05) is 30.8 Å². The van der Waals surface area contributed by atoms with Crippen LogP contribution >= 0.6 is 11.6 Å². The van der Waals surface area contributed by atoms with Gasteiger partial charge < -0.3 is 10.1 Å². The molecular formula is C18H21ClN2O4S. The molecule has 140 valence electrons. The van der Waals surface area contributed by atoms with Crippen LogP contribution in [0, 0.1) is 0 Å². The molecule has 1 amide bonds. The number of amides is 1. The molecule has 6 nitrogen and oxygen atoms in total. The Bertz CT molecular complexity index is 836. The highest BCUT2D eigenvalue weighted by atomic mass is 35.5. The zero-order chi connectivity index (χ0) is 19.2. The van der Waals surface area contributed by atoms with Crippen LogP contribution in [-0.2, 0) is 21.2 Å².